The minimum atomic E-state index is -4.17. The minimum Gasteiger partial charge on any atom is -0.397 e. The molecule has 156 valence electrons. The van der Waals surface area contributed by atoms with Crippen molar-refractivity contribution in [1.29, 1.82) is 0 Å². The van der Waals surface area contributed by atoms with Gasteiger partial charge in [-0.2, -0.15) is 13.2 Å². The molecule has 9 heteroatoms. The molecular weight excluding hydrogens is 373 g/mol. The van der Waals surface area contributed by atoms with Crippen molar-refractivity contribution in [1.82, 2.24) is 5.32 Å². The molecule has 2 fully saturated rings. The Balaban J connectivity index is 1.75. The SMILES string of the molecule is CNc1cc(N2CCC(O)C2)c(C(=O)N[C@H]2CC[C@H](C(F)(F)F)CC2)cc1N. The van der Waals surface area contributed by atoms with Crippen LogP contribution in [-0.4, -0.2) is 49.5 Å². The van der Waals surface area contributed by atoms with Crippen LogP contribution in [0.1, 0.15) is 42.5 Å². The molecule has 1 aliphatic carbocycles. The van der Waals surface area contributed by atoms with Crippen LogP contribution in [-0.2, 0) is 0 Å². The van der Waals surface area contributed by atoms with E-state index in [-0.39, 0.29) is 24.8 Å². The monoisotopic (exact) mass is 400 g/mol. The molecular formula is C19H27F3N4O2. The number of hydrogen-bond acceptors (Lipinski definition) is 5. The molecule has 1 saturated heterocycles. The summed E-state index contributed by atoms with van der Waals surface area (Å²) in [5.41, 5.74) is 8.16. The third kappa shape index (κ3) is 4.45. The lowest BCUT2D eigenvalue weighted by Crippen LogP contribution is -2.40. The van der Waals surface area contributed by atoms with Crippen molar-refractivity contribution in [2.45, 2.75) is 50.4 Å². The van der Waals surface area contributed by atoms with Crippen LogP contribution in [0.25, 0.3) is 0 Å². The molecule has 1 aliphatic heterocycles. The first-order valence-electron chi connectivity index (χ1n) is 9.61. The number of aliphatic hydroxyl groups is 1. The number of β-amino-alcohol motifs (C(OH)–C–C–N with tert-alkyl or cyclic N) is 1. The normalized spacial score (nSPS) is 25.6. The van der Waals surface area contributed by atoms with E-state index in [1.165, 1.54) is 0 Å². The minimum absolute atomic E-state index is 0.0282. The van der Waals surface area contributed by atoms with Crippen LogP contribution in [0.5, 0.6) is 0 Å². The first-order chi connectivity index (χ1) is 13.2. The fourth-order valence-electron chi connectivity index (χ4n) is 4.05. The Morgan fingerprint density at radius 3 is 2.43 bits per heavy atom. The number of anilines is 3. The summed E-state index contributed by atoms with van der Waals surface area (Å²) in [5, 5.41) is 15.7. The number of hydrogen-bond donors (Lipinski definition) is 4. The van der Waals surface area contributed by atoms with Gasteiger partial charge in [0.2, 0.25) is 0 Å². The van der Waals surface area contributed by atoms with Gasteiger partial charge >= 0.3 is 6.18 Å². The first kappa shape index (κ1) is 20.6. The van der Waals surface area contributed by atoms with E-state index in [4.69, 9.17) is 5.73 Å². The highest BCUT2D eigenvalue weighted by Crippen LogP contribution is 2.38. The highest BCUT2D eigenvalue weighted by molar-refractivity contribution is 6.02. The van der Waals surface area contributed by atoms with Crippen molar-refractivity contribution in [3.63, 3.8) is 0 Å². The molecule has 0 bridgehead atoms. The van der Waals surface area contributed by atoms with Gasteiger partial charge in [-0.25, -0.2) is 0 Å². The zero-order chi connectivity index (χ0) is 20.5. The van der Waals surface area contributed by atoms with Crippen LogP contribution < -0.4 is 21.3 Å². The molecule has 1 aromatic carbocycles. The fraction of sp³-hybridized carbons (Fsp3) is 0.632. The zero-order valence-corrected chi connectivity index (χ0v) is 15.9. The Bertz CT molecular complexity index is 718. The molecule has 5 N–H and O–H groups in total. The predicted molar refractivity (Wildman–Crippen MR) is 103 cm³/mol. The van der Waals surface area contributed by atoms with Crippen LogP contribution >= 0.6 is 0 Å². The molecule has 0 aromatic heterocycles. The molecule has 1 unspecified atom stereocenters. The van der Waals surface area contributed by atoms with Crippen LogP contribution in [0.4, 0.5) is 30.2 Å². The van der Waals surface area contributed by atoms with Gasteiger partial charge in [-0.3, -0.25) is 4.79 Å². The van der Waals surface area contributed by atoms with Gasteiger partial charge in [0.05, 0.1) is 34.6 Å². The molecule has 28 heavy (non-hydrogen) atoms. The molecule has 1 heterocycles. The van der Waals surface area contributed by atoms with Crippen LogP contribution in [0.3, 0.4) is 0 Å². The summed E-state index contributed by atoms with van der Waals surface area (Å²) in [6.45, 7) is 1.04. The van der Waals surface area contributed by atoms with Crippen molar-refractivity contribution >= 4 is 23.0 Å². The highest BCUT2D eigenvalue weighted by Gasteiger charge is 2.41. The summed E-state index contributed by atoms with van der Waals surface area (Å²) in [4.78, 5) is 14.8. The molecule has 2 aliphatic rings. The number of amides is 1. The second-order valence-corrected chi connectivity index (χ2v) is 7.66. The maximum Gasteiger partial charge on any atom is 0.391 e. The van der Waals surface area contributed by atoms with Gasteiger partial charge in [0.1, 0.15) is 0 Å². The smallest absolute Gasteiger partial charge is 0.391 e. The van der Waals surface area contributed by atoms with Crippen LogP contribution in [0.15, 0.2) is 12.1 Å². The van der Waals surface area contributed by atoms with E-state index < -0.39 is 18.2 Å². The Hall–Kier alpha value is -2.16. The molecule has 0 spiro atoms. The lowest BCUT2D eigenvalue weighted by molar-refractivity contribution is -0.182. The van der Waals surface area contributed by atoms with E-state index >= 15 is 0 Å². The van der Waals surface area contributed by atoms with Crippen molar-refractivity contribution in [3.05, 3.63) is 17.7 Å². The molecule has 1 saturated carbocycles. The van der Waals surface area contributed by atoms with Gasteiger partial charge in [0, 0.05) is 26.2 Å². The number of rotatable bonds is 4. The van der Waals surface area contributed by atoms with Crippen molar-refractivity contribution < 1.29 is 23.1 Å². The Kier molecular flexibility index (Phi) is 5.92. The number of benzene rings is 1. The van der Waals surface area contributed by atoms with Gasteiger partial charge < -0.3 is 26.4 Å². The van der Waals surface area contributed by atoms with E-state index in [1.807, 2.05) is 4.90 Å². The standard InChI is InChI=1S/C19H27F3N4O2/c1-24-16-9-17(26-7-6-13(27)10-26)14(8-15(16)23)18(28)25-12-4-2-11(3-5-12)19(20,21)22/h8-9,11-13,24,27H,2-7,10,23H2,1H3,(H,25,28)/t11-,12-,13?. The second kappa shape index (κ2) is 8.06. The number of nitrogens with zero attached hydrogens (tertiary/aromatic N) is 1. The van der Waals surface area contributed by atoms with Crippen molar-refractivity contribution in [2.75, 3.05) is 36.1 Å². The van der Waals surface area contributed by atoms with Crippen molar-refractivity contribution in [2.24, 2.45) is 5.92 Å². The van der Waals surface area contributed by atoms with Gasteiger partial charge in [0.15, 0.2) is 0 Å². The number of nitrogen functional groups attached to an aromatic ring is 1. The molecule has 1 atom stereocenters. The predicted octanol–water partition coefficient (Wildman–Crippen LogP) is 2.73. The van der Waals surface area contributed by atoms with E-state index in [0.717, 1.165) is 0 Å². The summed E-state index contributed by atoms with van der Waals surface area (Å²) in [5.74, 6) is -1.63. The average Bonchev–Trinajstić information content (AvgIpc) is 3.07. The van der Waals surface area contributed by atoms with E-state index in [2.05, 4.69) is 10.6 Å². The van der Waals surface area contributed by atoms with Crippen LogP contribution in [0, 0.1) is 5.92 Å². The first-order valence-corrected chi connectivity index (χ1v) is 9.61. The summed E-state index contributed by atoms with van der Waals surface area (Å²) in [6.07, 6.45) is -3.35. The van der Waals surface area contributed by atoms with Gasteiger partial charge in [-0.1, -0.05) is 0 Å². The largest absolute Gasteiger partial charge is 0.397 e. The Labute approximate surface area is 162 Å². The molecule has 3 rings (SSSR count). The number of nitrogens with one attached hydrogen (secondary N) is 2. The quantitative estimate of drug-likeness (QED) is 0.584. The maximum atomic E-state index is 12.9. The highest BCUT2D eigenvalue weighted by atomic mass is 19.4. The number of alkyl halides is 3. The van der Waals surface area contributed by atoms with E-state index in [0.29, 0.717) is 55.0 Å². The van der Waals surface area contributed by atoms with Gasteiger partial charge in [-0.15, -0.1) is 0 Å². The maximum absolute atomic E-state index is 12.9. The molecule has 6 nitrogen and oxygen atoms in total. The second-order valence-electron chi connectivity index (χ2n) is 7.66. The molecule has 1 amide bonds. The lowest BCUT2D eigenvalue weighted by atomic mass is 9.85. The summed E-state index contributed by atoms with van der Waals surface area (Å²) in [6, 6.07) is 3.08. The number of carbonyl (C=O) groups excluding carboxylic acids is 1. The Morgan fingerprint density at radius 1 is 1.21 bits per heavy atom. The number of aliphatic hydroxyl groups excluding tert-OH is 1. The number of nitrogens with two attached hydrogens (primary N) is 1. The lowest BCUT2D eigenvalue weighted by Gasteiger charge is -2.31. The van der Waals surface area contributed by atoms with Crippen LogP contribution in [0.2, 0.25) is 0 Å². The van der Waals surface area contributed by atoms with Crippen molar-refractivity contribution in [3.8, 4) is 0 Å². The summed E-state index contributed by atoms with van der Waals surface area (Å²) < 4.78 is 38.5. The van der Waals surface area contributed by atoms with E-state index in [1.54, 1.807) is 19.2 Å². The fourth-order valence-corrected chi connectivity index (χ4v) is 4.05. The molecule has 0 radical (unpaired) electrons. The third-order valence-corrected chi connectivity index (χ3v) is 5.71. The molecule has 1 aromatic rings. The van der Waals surface area contributed by atoms with E-state index in [9.17, 15) is 23.1 Å². The van der Waals surface area contributed by atoms with Gasteiger partial charge in [0.25, 0.3) is 5.91 Å². The third-order valence-electron chi connectivity index (χ3n) is 5.71. The average molecular weight is 400 g/mol. The number of halogens is 3. The van der Waals surface area contributed by atoms with Gasteiger partial charge in [-0.05, 0) is 44.2 Å². The topological polar surface area (TPSA) is 90.6 Å². The number of carbonyl (C=O) groups is 1. The summed E-state index contributed by atoms with van der Waals surface area (Å²) in [7, 11) is 1.73. The summed E-state index contributed by atoms with van der Waals surface area (Å²) >= 11 is 0. The zero-order valence-electron chi connectivity index (χ0n) is 15.9. The Morgan fingerprint density at radius 2 is 1.89 bits per heavy atom.